The van der Waals surface area contributed by atoms with Gasteiger partial charge in [-0.15, -0.1) is 0 Å². The predicted octanol–water partition coefficient (Wildman–Crippen LogP) is 1.99. The third-order valence-electron chi connectivity index (χ3n) is 2.41. The van der Waals surface area contributed by atoms with Gasteiger partial charge in [0.25, 0.3) is 0 Å². The minimum absolute atomic E-state index is 0.0755. The summed E-state index contributed by atoms with van der Waals surface area (Å²) in [6, 6.07) is 3.85. The van der Waals surface area contributed by atoms with Crippen LogP contribution in [0.15, 0.2) is 12.1 Å². The third-order valence-corrected chi connectivity index (χ3v) is 2.41. The van der Waals surface area contributed by atoms with E-state index in [1.165, 1.54) is 0 Å². The molecule has 0 aliphatic heterocycles. The summed E-state index contributed by atoms with van der Waals surface area (Å²) in [5.41, 5.74) is 6.84. The summed E-state index contributed by atoms with van der Waals surface area (Å²) in [5, 5.41) is 0. The lowest BCUT2D eigenvalue weighted by molar-refractivity contribution is 0.307. The number of hydrogen-bond acceptors (Lipinski definition) is 4. The highest BCUT2D eigenvalue weighted by Gasteiger charge is 2.13. The molecule has 0 aliphatic carbocycles. The summed E-state index contributed by atoms with van der Waals surface area (Å²) in [4.78, 5) is 0. The Morgan fingerprint density at radius 2 is 1.76 bits per heavy atom. The van der Waals surface area contributed by atoms with E-state index in [1.54, 1.807) is 14.2 Å². The Morgan fingerprint density at radius 1 is 1.12 bits per heavy atom. The molecule has 1 atom stereocenters. The zero-order valence-electron chi connectivity index (χ0n) is 10.9. The minimum Gasteiger partial charge on any atom is -0.496 e. The first-order valence-corrected chi connectivity index (χ1v) is 5.75. The van der Waals surface area contributed by atoms with Crippen LogP contribution >= 0.6 is 0 Å². The summed E-state index contributed by atoms with van der Waals surface area (Å²) < 4.78 is 16.1. The van der Waals surface area contributed by atoms with E-state index < -0.39 is 0 Å². The first kappa shape index (κ1) is 13.6. The van der Waals surface area contributed by atoms with Crippen molar-refractivity contribution in [3.63, 3.8) is 0 Å². The molecular weight excluding hydrogens is 219 g/mol. The second-order valence-electron chi connectivity index (χ2n) is 3.93. The van der Waals surface area contributed by atoms with Crippen molar-refractivity contribution >= 4 is 0 Å². The van der Waals surface area contributed by atoms with Crippen LogP contribution in [0.3, 0.4) is 0 Å². The van der Waals surface area contributed by atoms with Gasteiger partial charge < -0.3 is 19.9 Å². The van der Waals surface area contributed by atoms with Gasteiger partial charge >= 0.3 is 0 Å². The predicted molar refractivity (Wildman–Crippen MR) is 68.1 cm³/mol. The summed E-state index contributed by atoms with van der Waals surface area (Å²) >= 11 is 0. The maximum atomic E-state index is 5.81. The maximum Gasteiger partial charge on any atom is 0.164 e. The highest BCUT2D eigenvalue weighted by Crippen LogP contribution is 2.35. The van der Waals surface area contributed by atoms with Gasteiger partial charge in [-0.05, 0) is 31.9 Å². The number of rotatable bonds is 6. The molecule has 0 radical (unpaired) electrons. The smallest absolute Gasteiger partial charge is 0.164 e. The van der Waals surface area contributed by atoms with E-state index in [0.717, 1.165) is 17.7 Å². The van der Waals surface area contributed by atoms with Crippen molar-refractivity contribution < 1.29 is 14.2 Å². The number of methoxy groups -OCH3 is 2. The topological polar surface area (TPSA) is 53.7 Å². The molecule has 17 heavy (non-hydrogen) atoms. The molecule has 0 amide bonds. The summed E-state index contributed by atoms with van der Waals surface area (Å²) in [6.45, 7) is 4.48. The van der Waals surface area contributed by atoms with Crippen LogP contribution in [0.25, 0.3) is 0 Å². The Labute approximate surface area is 103 Å². The summed E-state index contributed by atoms with van der Waals surface area (Å²) in [5.74, 6) is 2.19. The van der Waals surface area contributed by atoms with E-state index in [1.807, 2.05) is 26.0 Å². The molecule has 0 fully saturated rings. The lowest BCUT2D eigenvalue weighted by Gasteiger charge is -2.16. The molecule has 1 aromatic carbocycles. The van der Waals surface area contributed by atoms with E-state index in [0.29, 0.717) is 18.1 Å². The highest BCUT2D eigenvalue weighted by atomic mass is 16.5. The number of ether oxygens (including phenoxy) is 3. The van der Waals surface area contributed by atoms with Gasteiger partial charge in [-0.2, -0.15) is 0 Å². The summed E-state index contributed by atoms with van der Waals surface area (Å²) in [6.07, 6.45) is 0.742. The maximum absolute atomic E-state index is 5.81. The molecule has 0 saturated carbocycles. The van der Waals surface area contributed by atoms with Crippen molar-refractivity contribution in [3.8, 4) is 17.2 Å². The fourth-order valence-electron chi connectivity index (χ4n) is 1.71. The zero-order chi connectivity index (χ0) is 12.8. The fraction of sp³-hybridized carbons (Fsp3) is 0.538. The normalized spacial score (nSPS) is 12.1. The monoisotopic (exact) mass is 240 g/mol. The number of hydrogen-bond donors (Lipinski definition) is 1. The van der Waals surface area contributed by atoms with Crippen LogP contribution < -0.4 is 19.9 Å². The largest absolute Gasteiger partial charge is 0.496 e. The van der Waals surface area contributed by atoms with Gasteiger partial charge in [-0.25, -0.2) is 0 Å². The molecule has 96 valence electrons. The minimum atomic E-state index is 0.0755. The second-order valence-corrected chi connectivity index (χ2v) is 3.93. The van der Waals surface area contributed by atoms with Crippen LogP contribution in [-0.2, 0) is 6.42 Å². The standard InChI is InChI=1S/C13H21NO3/c1-5-17-13-8-11(15-3)10(6-9(2)14)7-12(13)16-4/h7-9H,5-6,14H2,1-4H3/i7+1. The molecule has 0 bridgehead atoms. The molecule has 0 aliphatic rings. The summed E-state index contributed by atoms with van der Waals surface area (Å²) in [7, 11) is 3.27. The SMILES string of the molecule is CCOc1cc(OC)c(CC(C)N)[13cH]c1OC. The van der Waals surface area contributed by atoms with Crippen molar-refractivity contribution in [2.75, 3.05) is 20.8 Å². The molecule has 1 unspecified atom stereocenters. The fourth-order valence-corrected chi connectivity index (χ4v) is 1.71. The van der Waals surface area contributed by atoms with E-state index in [2.05, 4.69) is 0 Å². The van der Waals surface area contributed by atoms with E-state index in [-0.39, 0.29) is 6.04 Å². The van der Waals surface area contributed by atoms with Gasteiger partial charge in [-0.3, -0.25) is 0 Å². The molecular formula is C13H21NO3. The average Bonchev–Trinajstić information content (AvgIpc) is 2.30. The van der Waals surface area contributed by atoms with Gasteiger partial charge in [-0.1, -0.05) is 0 Å². The van der Waals surface area contributed by atoms with E-state index in [4.69, 9.17) is 19.9 Å². The van der Waals surface area contributed by atoms with Crippen LogP contribution in [0.2, 0.25) is 0 Å². The van der Waals surface area contributed by atoms with Crippen molar-refractivity contribution in [2.45, 2.75) is 26.3 Å². The van der Waals surface area contributed by atoms with Crippen LogP contribution in [0.4, 0.5) is 0 Å². The third kappa shape index (κ3) is 3.53. The van der Waals surface area contributed by atoms with Crippen LogP contribution in [0.5, 0.6) is 17.2 Å². The van der Waals surface area contributed by atoms with Gasteiger partial charge in [0.1, 0.15) is 5.75 Å². The van der Waals surface area contributed by atoms with E-state index >= 15 is 0 Å². The Kier molecular flexibility index (Phi) is 5.10. The molecule has 0 spiro atoms. The molecule has 4 nitrogen and oxygen atoms in total. The lowest BCUT2D eigenvalue weighted by Crippen LogP contribution is -2.18. The van der Waals surface area contributed by atoms with Crippen molar-refractivity contribution in [1.82, 2.24) is 0 Å². The number of benzene rings is 1. The number of nitrogens with two attached hydrogens (primary N) is 1. The van der Waals surface area contributed by atoms with Crippen LogP contribution in [0, 0.1) is 0 Å². The van der Waals surface area contributed by atoms with Gasteiger partial charge in [0.2, 0.25) is 0 Å². The molecule has 1 rings (SSSR count). The van der Waals surface area contributed by atoms with Gasteiger partial charge in [0.05, 0.1) is 20.8 Å². The van der Waals surface area contributed by atoms with Crippen LogP contribution in [-0.4, -0.2) is 26.9 Å². The lowest BCUT2D eigenvalue weighted by atomic mass is 10.1. The molecule has 0 heterocycles. The Bertz CT molecular complexity index is 364. The molecule has 0 saturated heterocycles. The highest BCUT2D eigenvalue weighted by molar-refractivity contribution is 5.51. The van der Waals surface area contributed by atoms with Crippen molar-refractivity contribution in [3.05, 3.63) is 17.7 Å². The Hall–Kier alpha value is -1.42. The molecule has 2 N–H and O–H groups in total. The van der Waals surface area contributed by atoms with Crippen molar-refractivity contribution in [2.24, 2.45) is 5.73 Å². The molecule has 1 aromatic rings. The first-order chi connectivity index (χ1) is 8.12. The second kappa shape index (κ2) is 6.35. The molecule has 4 heteroatoms. The van der Waals surface area contributed by atoms with Crippen LogP contribution in [0.1, 0.15) is 19.4 Å². The first-order valence-electron chi connectivity index (χ1n) is 5.75. The molecule has 0 aromatic heterocycles. The van der Waals surface area contributed by atoms with Gasteiger partial charge in [0, 0.05) is 12.1 Å². The Balaban J connectivity index is 3.12. The zero-order valence-corrected chi connectivity index (χ0v) is 10.9. The van der Waals surface area contributed by atoms with E-state index in [9.17, 15) is 0 Å². The van der Waals surface area contributed by atoms with Gasteiger partial charge in [0.15, 0.2) is 11.5 Å². The quantitative estimate of drug-likeness (QED) is 0.826. The average molecular weight is 240 g/mol. The van der Waals surface area contributed by atoms with Crippen molar-refractivity contribution in [1.29, 1.82) is 0 Å². The Morgan fingerprint density at radius 3 is 2.24 bits per heavy atom.